The number of pyridine rings is 1. The molecule has 0 radical (unpaired) electrons. The van der Waals surface area contributed by atoms with Gasteiger partial charge in [0.1, 0.15) is 10.5 Å². The van der Waals surface area contributed by atoms with E-state index in [2.05, 4.69) is 20.6 Å². The lowest BCUT2D eigenvalue weighted by molar-refractivity contribution is -0.402. The van der Waals surface area contributed by atoms with E-state index >= 15 is 0 Å². The van der Waals surface area contributed by atoms with Gasteiger partial charge in [0.15, 0.2) is 11.4 Å². The summed E-state index contributed by atoms with van der Waals surface area (Å²) in [4.78, 5) is 27.0. The first-order valence-corrected chi connectivity index (χ1v) is 9.65. The van der Waals surface area contributed by atoms with Crippen LogP contribution in [0.15, 0.2) is 64.4 Å². The summed E-state index contributed by atoms with van der Waals surface area (Å²) >= 11 is 0. The number of rotatable bonds is 8. The molecular weight excluding hydrogens is 416 g/mol. The number of ether oxygens (including phenoxy) is 1. The predicted octanol–water partition coefficient (Wildman–Crippen LogP) is 3.60. The monoisotopic (exact) mass is 434 g/mol. The lowest BCUT2D eigenvalue weighted by Crippen LogP contribution is -2.10. The number of benzene rings is 1. The molecule has 0 aliphatic carbocycles. The lowest BCUT2D eigenvalue weighted by atomic mass is 10.2. The third-order valence-corrected chi connectivity index (χ3v) is 4.50. The van der Waals surface area contributed by atoms with Crippen molar-refractivity contribution < 1.29 is 18.9 Å². The Labute approximate surface area is 181 Å². The highest BCUT2D eigenvalue weighted by Crippen LogP contribution is 2.27. The maximum absolute atomic E-state index is 12.4. The van der Waals surface area contributed by atoms with Crippen molar-refractivity contribution in [2.24, 2.45) is 5.10 Å². The van der Waals surface area contributed by atoms with Crippen molar-refractivity contribution in [2.75, 3.05) is 12.0 Å². The zero-order valence-corrected chi connectivity index (χ0v) is 17.0. The third-order valence-electron chi connectivity index (χ3n) is 4.50. The van der Waals surface area contributed by atoms with Gasteiger partial charge in [-0.2, -0.15) is 10.2 Å². The summed E-state index contributed by atoms with van der Waals surface area (Å²) in [6, 6.07) is 12.4. The Morgan fingerprint density at radius 1 is 1.28 bits per heavy atom. The Balaban J connectivity index is 1.68. The highest BCUT2D eigenvalue weighted by molar-refractivity contribution is 6.04. The van der Waals surface area contributed by atoms with Crippen molar-refractivity contribution in [3.63, 3.8) is 0 Å². The second kappa shape index (κ2) is 9.08. The molecule has 32 heavy (non-hydrogen) atoms. The normalized spacial score (nSPS) is 11.2. The number of carbonyl (C=O) groups excluding carboxylic acids is 1. The summed E-state index contributed by atoms with van der Waals surface area (Å²) in [5.41, 5.74) is 4.93. The van der Waals surface area contributed by atoms with Gasteiger partial charge in [-0.05, 0) is 18.6 Å². The molecule has 0 aliphatic rings. The number of hydrogen-bond donors (Lipinski definition) is 1. The number of nitro groups is 1. The second-order valence-electron chi connectivity index (χ2n) is 6.60. The van der Waals surface area contributed by atoms with Gasteiger partial charge in [0.2, 0.25) is 0 Å². The van der Waals surface area contributed by atoms with E-state index in [4.69, 9.17) is 9.15 Å². The molecule has 0 fully saturated rings. The molecule has 11 nitrogen and oxygen atoms in total. The van der Waals surface area contributed by atoms with Gasteiger partial charge in [-0.15, -0.1) is 0 Å². The smallest absolute Gasteiger partial charge is 0.433 e. The molecule has 1 N–H and O–H groups in total. The number of fused-ring (bicyclic) bond motifs is 1. The van der Waals surface area contributed by atoms with Crippen LogP contribution in [0, 0.1) is 10.1 Å². The number of furan rings is 1. The van der Waals surface area contributed by atoms with Crippen LogP contribution < -0.4 is 5.43 Å². The Kier molecular flexibility index (Phi) is 5.88. The molecule has 3 aromatic heterocycles. The maximum Gasteiger partial charge on any atom is 0.433 e. The maximum atomic E-state index is 12.4. The molecule has 4 rings (SSSR count). The van der Waals surface area contributed by atoms with E-state index in [1.54, 1.807) is 17.8 Å². The minimum atomic E-state index is -0.642. The van der Waals surface area contributed by atoms with E-state index in [0.29, 0.717) is 23.3 Å². The number of aromatic nitrogens is 3. The van der Waals surface area contributed by atoms with E-state index in [9.17, 15) is 14.9 Å². The van der Waals surface area contributed by atoms with E-state index in [-0.39, 0.29) is 17.9 Å². The van der Waals surface area contributed by atoms with E-state index < -0.39 is 16.8 Å². The van der Waals surface area contributed by atoms with Gasteiger partial charge in [-0.25, -0.2) is 14.5 Å². The minimum Gasteiger partial charge on any atom is -0.462 e. The van der Waals surface area contributed by atoms with Gasteiger partial charge in [0, 0.05) is 6.20 Å². The van der Waals surface area contributed by atoms with Crippen LogP contribution in [0.5, 0.6) is 0 Å². The van der Waals surface area contributed by atoms with Crippen LogP contribution in [-0.2, 0) is 11.3 Å². The topological polar surface area (TPSA) is 138 Å². The number of anilines is 1. The SMILES string of the molecule is CCOC(=O)c1cnc2c(cnn2Cc2ccccc2)c1NN=Cc1ccc([N+](=O)[O-])o1. The van der Waals surface area contributed by atoms with Crippen molar-refractivity contribution >= 4 is 34.8 Å². The van der Waals surface area contributed by atoms with Crippen molar-refractivity contribution in [1.29, 1.82) is 0 Å². The summed E-state index contributed by atoms with van der Waals surface area (Å²) in [6.45, 7) is 2.40. The van der Waals surface area contributed by atoms with Gasteiger partial charge in [-0.3, -0.25) is 15.5 Å². The van der Waals surface area contributed by atoms with Gasteiger partial charge in [-0.1, -0.05) is 30.3 Å². The average Bonchev–Trinajstić information content (AvgIpc) is 3.42. The molecular formula is C21H18N6O5. The number of nitrogens with one attached hydrogen (secondary N) is 1. The first kappa shape index (κ1) is 20.7. The van der Waals surface area contributed by atoms with Gasteiger partial charge in [0.05, 0.1) is 42.7 Å². The minimum absolute atomic E-state index is 0.173. The number of esters is 1. The van der Waals surface area contributed by atoms with Crippen LogP contribution in [0.4, 0.5) is 11.6 Å². The molecule has 0 spiro atoms. The summed E-state index contributed by atoms with van der Waals surface area (Å²) in [5.74, 6) is -0.789. The standard InChI is InChI=1S/C21H18N6O5/c1-2-31-21(28)17-11-22-20-16(12-24-26(20)13-14-6-4-3-5-7-14)19(17)25-23-10-15-8-9-18(32-15)27(29)30/h3-12H,2,13H2,1H3,(H,22,25). The number of hydrazone groups is 1. The second-order valence-corrected chi connectivity index (χ2v) is 6.60. The average molecular weight is 434 g/mol. The molecule has 3 heterocycles. The van der Waals surface area contributed by atoms with Crippen LogP contribution in [0.2, 0.25) is 0 Å². The van der Waals surface area contributed by atoms with Crippen LogP contribution in [0.25, 0.3) is 11.0 Å². The molecule has 0 saturated heterocycles. The van der Waals surface area contributed by atoms with Crippen molar-refractivity contribution in [3.05, 3.63) is 81.9 Å². The van der Waals surface area contributed by atoms with Crippen molar-refractivity contribution in [1.82, 2.24) is 14.8 Å². The molecule has 0 aliphatic heterocycles. The Morgan fingerprint density at radius 2 is 2.09 bits per heavy atom. The van der Waals surface area contributed by atoms with Crippen LogP contribution in [0.3, 0.4) is 0 Å². The van der Waals surface area contributed by atoms with Crippen LogP contribution in [0.1, 0.15) is 28.6 Å². The predicted molar refractivity (Wildman–Crippen MR) is 116 cm³/mol. The zero-order chi connectivity index (χ0) is 22.5. The van der Waals surface area contributed by atoms with E-state index in [0.717, 1.165) is 5.56 Å². The van der Waals surface area contributed by atoms with Crippen molar-refractivity contribution in [3.8, 4) is 0 Å². The van der Waals surface area contributed by atoms with Crippen LogP contribution >= 0.6 is 0 Å². The summed E-state index contributed by atoms with van der Waals surface area (Å²) in [6.07, 6.45) is 4.26. The third kappa shape index (κ3) is 4.31. The number of hydrogen-bond acceptors (Lipinski definition) is 9. The fourth-order valence-electron chi connectivity index (χ4n) is 3.05. The Bertz CT molecular complexity index is 1290. The highest BCUT2D eigenvalue weighted by atomic mass is 16.6. The quantitative estimate of drug-likeness (QED) is 0.192. The highest BCUT2D eigenvalue weighted by Gasteiger charge is 2.19. The van der Waals surface area contributed by atoms with Crippen LogP contribution in [-0.4, -0.2) is 38.5 Å². The molecule has 0 bridgehead atoms. The molecule has 11 heteroatoms. The van der Waals surface area contributed by atoms with E-state index in [1.165, 1.54) is 24.5 Å². The first-order chi connectivity index (χ1) is 15.6. The first-order valence-electron chi connectivity index (χ1n) is 9.65. The molecule has 0 unspecified atom stereocenters. The fraction of sp³-hybridized carbons (Fsp3) is 0.143. The molecule has 4 aromatic rings. The number of nitrogens with zero attached hydrogens (tertiary/aromatic N) is 5. The van der Waals surface area contributed by atoms with Crippen molar-refractivity contribution in [2.45, 2.75) is 13.5 Å². The van der Waals surface area contributed by atoms with Gasteiger partial charge in [0.25, 0.3) is 0 Å². The lowest BCUT2D eigenvalue weighted by Gasteiger charge is -2.10. The fourth-order valence-corrected chi connectivity index (χ4v) is 3.05. The number of carbonyl (C=O) groups is 1. The molecule has 0 atom stereocenters. The molecule has 1 aromatic carbocycles. The van der Waals surface area contributed by atoms with E-state index in [1.807, 2.05) is 30.3 Å². The zero-order valence-electron chi connectivity index (χ0n) is 17.0. The summed E-state index contributed by atoms with van der Waals surface area (Å²) in [5, 5.41) is 19.8. The van der Waals surface area contributed by atoms with Gasteiger partial charge >= 0.3 is 11.9 Å². The largest absolute Gasteiger partial charge is 0.462 e. The summed E-state index contributed by atoms with van der Waals surface area (Å²) in [7, 11) is 0. The Hall–Kier alpha value is -4.54. The Morgan fingerprint density at radius 3 is 2.81 bits per heavy atom. The summed E-state index contributed by atoms with van der Waals surface area (Å²) < 4.78 is 11.9. The molecule has 0 saturated carbocycles. The molecule has 0 amide bonds. The molecule has 162 valence electrons. The van der Waals surface area contributed by atoms with Gasteiger partial charge < -0.3 is 9.15 Å².